The fourth-order valence-electron chi connectivity index (χ4n) is 3.67. The summed E-state index contributed by atoms with van der Waals surface area (Å²) < 4.78 is 0. The molecule has 0 bridgehead atoms. The van der Waals surface area contributed by atoms with E-state index in [1.54, 1.807) is 18.2 Å². The second-order valence-electron chi connectivity index (χ2n) is 7.11. The van der Waals surface area contributed by atoms with Crippen molar-refractivity contribution < 1.29 is 9.90 Å². The monoisotopic (exact) mass is 361 g/mol. The lowest BCUT2D eigenvalue weighted by molar-refractivity contribution is 0.102. The van der Waals surface area contributed by atoms with Crippen molar-refractivity contribution in [2.45, 2.75) is 26.3 Å². The lowest BCUT2D eigenvalue weighted by atomic mass is 10.1. The molecule has 0 unspecified atom stereocenters. The number of anilines is 1. The topological polar surface area (TPSA) is 65.5 Å². The zero-order valence-corrected chi connectivity index (χ0v) is 15.4. The minimum atomic E-state index is -0.332. The Labute approximate surface area is 158 Å². The zero-order valence-electron chi connectivity index (χ0n) is 15.4. The van der Waals surface area contributed by atoms with Gasteiger partial charge in [0.1, 0.15) is 5.75 Å². The summed E-state index contributed by atoms with van der Waals surface area (Å²) in [5.41, 5.74) is 3.98. The first-order valence-electron chi connectivity index (χ1n) is 9.32. The molecule has 0 atom stereocenters. The summed E-state index contributed by atoms with van der Waals surface area (Å²) in [7, 11) is 0. The van der Waals surface area contributed by atoms with E-state index in [1.165, 1.54) is 24.5 Å². The molecule has 1 amide bonds. The summed E-state index contributed by atoms with van der Waals surface area (Å²) in [5, 5.41) is 13.8. The van der Waals surface area contributed by atoms with Crippen molar-refractivity contribution in [2.75, 3.05) is 18.4 Å². The van der Waals surface area contributed by atoms with E-state index in [2.05, 4.69) is 21.3 Å². The molecule has 3 aromatic rings. The van der Waals surface area contributed by atoms with Crippen LogP contribution in [0.2, 0.25) is 0 Å². The number of carbonyl (C=O) groups excluding carboxylic acids is 1. The van der Waals surface area contributed by atoms with Crippen LogP contribution in [0.3, 0.4) is 0 Å². The Kier molecular flexibility index (Phi) is 4.77. The standard InChI is InChI=1S/C22H23N3O2/c1-15-19(24-22(27)18-6-2-3-7-20(18)26)9-8-17-12-16(13-23-21(15)17)14-25-10-4-5-11-25/h2-3,6-9,12-13,26H,4-5,10-11,14H2,1H3,(H,24,27). The van der Waals surface area contributed by atoms with Gasteiger partial charge in [-0.1, -0.05) is 18.2 Å². The van der Waals surface area contributed by atoms with Gasteiger partial charge in [-0.25, -0.2) is 0 Å². The number of pyridine rings is 1. The minimum absolute atomic E-state index is 0.0295. The van der Waals surface area contributed by atoms with Crippen LogP contribution in [-0.2, 0) is 6.54 Å². The van der Waals surface area contributed by atoms with E-state index in [-0.39, 0.29) is 17.2 Å². The normalized spacial score (nSPS) is 14.6. The van der Waals surface area contributed by atoms with Crippen LogP contribution in [0.4, 0.5) is 5.69 Å². The molecule has 4 rings (SSSR count). The van der Waals surface area contributed by atoms with Gasteiger partial charge in [-0.3, -0.25) is 14.7 Å². The van der Waals surface area contributed by atoms with Gasteiger partial charge in [-0.05, 0) is 68.2 Å². The number of hydrogen-bond acceptors (Lipinski definition) is 4. The lowest BCUT2D eigenvalue weighted by Crippen LogP contribution is -2.18. The summed E-state index contributed by atoms with van der Waals surface area (Å²) >= 11 is 0. The molecule has 2 heterocycles. The van der Waals surface area contributed by atoms with E-state index in [4.69, 9.17) is 0 Å². The van der Waals surface area contributed by atoms with Gasteiger partial charge in [-0.2, -0.15) is 0 Å². The highest BCUT2D eigenvalue weighted by Gasteiger charge is 2.15. The number of fused-ring (bicyclic) bond motifs is 1. The van der Waals surface area contributed by atoms with Crippen molar-refractivity contribution in [2.24, 2.45) is 0 Å². The Morgan fingerprint density at radius 3 is 2.74 bits per heavy atom. The van der Waals surface area contributed by atoms with Crippen LogP contribution in [0, 0.1) is 6.92 Å². The van der Waals surface area contributed by atoms with Crippen LogP contribution >= 0.6 is 0 Å². The second-order valence-corrected chi connectivity index (χ2v) is 7.11. The van der Waals surface area contributed by atoms with Crippen LogP contribution in [-0.4, -0.2) is 34.0 Å². The third-order valence-electron chi connectivity index (χ3n) is 5.16. The molecule has 2 N–H and O–H groups in total. The lowest BCUT2D eigenvalue weighted by Gasteiger charge is -2.15. The Hall–Kier alpha value is -2.92. The molecule has 0 radical (unpaired) electrons. The molecule has 1 fully saturated rings. The Morgan fingerprint density at radius 2 is 1.96 bits per heavy atom. The fourth-order valence-corrected chi connectivity index (χ4v) is 3.67. The van der Waals surface area contributed by atoms with Gasteiger partial charge in [0.25, 0.3) is 5.91 Å². The summed E-state index contributed by atoms with van der Waals surface area (Å²) in [4.78, 5) is 19.6. The number of nitrogens with zero attached hydrogens (tertiary/aromatic N) is 2. The molecule has 2 aromatic carbocycles. The van der Waals surface area contributed by atoms with Gasteiger partial charge in [0.05, 0.1) is 11.1 Å². The van der Waals surface area contributed by atoms with Crippen LogP contribution in [0.5, 0.6) is 5.75 Å². The number of nitrogens with one attached hydrogen (secondary N) is 1. The van der Waals surface area contributed by atoms with Gasteiger partial charge < -0.3 is 10.4 Å². The number of phenolic OH excluding ortho intramolecular Hbond substituents is 1. The number of aromatic hydroxyl groups is 1. The maximum Gasteiger partial charge on any atom is 0.259 e. The third-order valence-corrected chi connectivity index (χ3v) is 5.16. The van der Waals surface area contributed by atoms with Gasteiger partial charge in [0.2, 0.25) is 0 Å². The van der Waals surface area contributed by atoms with Crippen molar-refractivity contribution in [1.29, 1.82) is 0 Å². The van der Waals surface area contributed by atoms with Crippen LogP contribution in [0.15, 0.2) is 48.7 Å². The minimum Gasteiger partial charge on any atom is -0.507 e. The Balaban J connectivity index is 1.58. The molecule has 1 saturated heterocycles. The Bertz CT molecular complexity index is 994. The molecule has 5 heteroatoms. The molecule has 5 nitrogen and oxygen atoms in total. The highest BCUT2D eigenvalue weighted by Crippen LogP contribution is 2.26. The third kappa shape index (κ3) is 3.64. The average molecular weight is 361 g/mol. The highest BCUT2D eigenvalue weighted by atomic mass is 16.3. The van der Waals surface area contributed by atoms with Crippen LogP contribution < -0.4 is 5.32 Å². The number of rotatable bonds is 4. The maximum atomic E-state index is 12.5. The van der Waals surface area contributed by atoms with E-state index < -0.39 is 0 Å². The van der Waals surface area contributed by atoms with E-state index in [9.17, 15) is 9.90 Å². The largest absolute Gasteiger partial charge is 0.507 e. The number of likely N-dealkylation sites (tertiary alicyclic amines) is 1. The number of phenols is 1. The second kappa shape index (κ2) is 7.37. The number of aryl methyl sites for hydroxylation is 1. The SMILES string of the molecule is Cc1c(NC(=O)c2ccccc2O)ccc2cc(CN3CCCC3)cnc12. The molecular formula is C22H23N3O2. The highest BCUT2D eigenvalue weighted by molar-refractivity contribution is 6.07. The number of aromatic nitrogens is 1. The van der Waals surface area contributed by atoms with Crippen LogP contribution in [0.1, 0.15) is 34.3 Å². The van der Waals surface area contributed by atoms with E-state index in [1.807, 2.05) is 25.3 Å². The first kappa shape index (κ1) is 17.5. The number of para-hydroxylation sites is 1. The molecule has 0 saturated carbocycles. The summed E-state index contributed by atoms with van der Waals surface area (Å²) in [5.74, 6) is -0.362. The van der Waals surface area contributed by atoms with Gasteiger partial charge in [0.15, 0.2) is 0 Å². The zero-order chi connectivity index (χ0) is 18.8. The van der Waals surface area contributed by atoms with E-state index >= 15 is 0 Å². The predicted molar refractivity (Wildman–Crippen MR) is 107 cm³/mol. The smallest absolute Gasteiger partial charge is 0.259 e. The maximum absolute atomic E-state index is 12.5. The van der Waals surface area contributed by atoms with Gasteiger partial charge in [-0.15, -0.1) is 0 Å². The molecule has 1 aliphatic rings. The van der Waals surface area contributed by atoms with Crippen molar-refractivity contribution in [1.82, 2.24) is 9.88 Å². The first-order chi connectivity index (χ1) is 13.1. The average Bonchev–Trinajstić information content (AvgIpc) is 3.17. The van der Waals surface area contributed by atoms with Gasteiger partial charge in [0, 0.05) is 23.8 Å². The molecule has 27 heavy (non-hydrogen) atoms. The molecule has 138 valence electrons. The summed E-state index contributed by atoms with van der Waals surface area (Å²) in [6.45, 7) is 5.21. The number of hydrogen-bond donors (Lipinski definition) is 2. The summed E-state index contributed by atoms with van der Waals surface area (Å²) in [6, 6.07) is 12.6. The van der Waals surface area contributed by atoms with Crippen molar-refractivity contribution >= 4 is 22.5 Å². The Morgan fingerprint density at radius 1 is 1.19 bits per heavy atom. The first-order valence-corrected chi connectivity index (χ1v) is 9.32. The fraction of sp³-hybridized carbons (Fsp3) is 0.273. The molecular weight excluding hydrogens is 338 g/mol. The number of carbonyl (C=O) groups is 1. The van der Waals surface area contributed by atoms with Crippen LogP contribution in [0.25, 0.3) is 10.9 Å². The van der Waals surface area contributed by atoms with E-state index in [0.29, 0.717) is 5.69 Å². The van der Waals surface area contributed by atoms with Crippen molar-refractivity contribution in [3.8, 4) is 5.75 Å². The molecule has 0 aliphatic carbocycles. The molecule has 1 aliphatic heterocycles. The quantitative estimate of drug-likeness (QED) is 0.734. The van der Waals surface area contributed by atoms with E-state index in [0.717, 1.165) is 36.1 Å². The van der Waals surface area contributed by atoms with Crippen molar-refractivity contribution in [3.05, 3.63) is 65.4 Å². The predicted octanol–water partition coefficient (Wildman–Crippen LogP) is 4.10. The van der Waals surface area contributed by atoms with Crippen molar-refractivity contribution in [3.63, 3.8) is 0 Å². The molecule has 0 spiro atoms. The number of amides is 1. The number of benzene rings is 2. The van der Waals surface area contributed by atoms with Gasteiger partial charge >= 0.3 is 0 Å². The molecule has 1 aromatic heterocycles. The summed E-state index contributed by atoms with van der Waals surface area (Å²) in [6.07, 6.45) is 4.49.